The molecule has 9 nitrogen and oxygen atoms in total. The molecule has 1 aliphatic rings. The number of nitrogens with zero attached hydrogens (tertiary/aromatic N) is 4. The van der Waals surface area contributed by atoms with E-state index >= 15 is 0 Å². The van der Waals surface area contributed by atoms with Gasteiger partial charge in [-0.15, -0.1) is 11.3 Å². The Hall–Kier alpha value is -4.02. The van der Waals surface area contributed by atoms with Crippen LogP contribution in [0.25, 0.3) is 16.9 Å². The number of likely N-dealkylation sites (tertiary alicyclic amines) is 1. The number of aryl methyl sites for hydroxylation is 1. The van der Waals surface area contributed by atoms with Crippen molar-refractivity contribution in [2.75, 3.05) is 18.4 Å². The van der Waals surface area contributed by atoms with Gasteiger partial charge in [-0.2, -0.15) is 0 Å². The Morgan fingerprint density at radius 1 is 1.19 bits per heavy atom. The Balaban J connectivity index is 1.39. The third kappa shape index (κ3) is 6.22. The van der Waals surface area contributed by atoms with E-state index < -0.39 is 6.09 Å². The average molecular weight is 517 g/mol. The predicted octanol–water partition coefficient (Wildman–Crippen LogP) is 4.79. The van der Waals surface area contributed by atoms with Crippen LogP contribution in [0.2, 0.25) is 0 Å². The van der Waals surface area contributed by atoms with Crippen LogP contribution in [-0.4, -0.2) is 55.7 Å². The van der Waals surface area contributed by atoms with Crippen LogP contribution in [0.5, 0.6) is 0 Å². The van der Waals surface area contributed by atoms with Gasteiger partial charge in [0.15, 0.2) is 0 Å². The number of hydrogen-bond donors (Lipinski definition) is 3. The quantitative estimate of drug-likeness (QED) is 0.326. The van der Waals surface area contributed by atoms with E-state index in [4.69, 9.17) is 5.11 Å². The summed E-state index contributed by atoms with van der Waals surface area (Å²) >= 11 is 1.52. The van der Waals surface area contributed by atoms with Gasteiger partial charge in [0.25, 0.3) is 5.91 Å². The molecule has 0 saturated carbocycles. The number of piperidine rings is 1. The van der Waals surface area contributed by atoms with Crippen LogP contribution in [0.3, 0.4) is 0 Å². The van der Waals surface area contributed by atoms with Crippen molar-refractivity contribution in [1.82, 2.24) is 24.8 Å². The number of rotatable bonds is 7. The zero-order valence-electron chi connectivity index (χ0n) is 20.4. The van der Waals surface area contributed by atoms with Crippen molar-refractivity contribution in [3.63, 3.8) is 0 Å². The summed E-state index contributed by atoms with van der Waals surface area (Å²) in [6, 6.07) is 13.3. The molecule has 0 unspecified atom stereocenters. The molecular weight excluding hydrogens is 488 g/mol. The van der Waals surface area contributed by atoms with Gasteiger partial charge in [0.2, 0.25) is 0 Å². The highest BCUT2D eigenvalue weighted by Crippen LogP contribution is 2.24. The average Bonchev–Trinajstić information content (AvgIpc) is 3.56. The van der Waals surface area contributed by atoms with Gasteiger partial charge < -0.3 is 20.3 Å². The lowest BCUT2D eigenvalue weighted by atomic mass is 10.0. The van der Waals surface area contributed by atoms with Gasteiger partial charge in [0.05, 0.1) is 23.2 Å². The first-order chi connectivity index (χ1) is 17.9. The highest BCUT2D eigenvalue weighted by molar-refractivity contribution is 7.07. The molecule has 1 atom stereocenters. The van der Waals surface area contributed by atoms with Crippen LogP contribution in [0, 0.1) is 6.92 Å². The fraction of sp³-hybridized carbons (Fsp3) is 0.259. The van der Waals surface area contributed by atoms with Gasteiger partial charge in [0, 0.05) is 53.2 Å². The maximum atomic E-state index is 13.2. The number of hydrogen-bond acceptors (Lipinski definition) is 6. The molecule has 1 aliphatic heterocycles. The van der Waals surface area contributed by atoms with Crippen LogP contribution >= 0.6 is 11.3 Å². The molecule has 0 aliphatic carbocycles. The second-order valence-electron chi connectivity index (χ2n) is 9.24. The highest BCUT2D eigenvalue weighted by Gasteiger charge is 2.22. The van der Waals surface area contributed by atoms with E-state index in [0.29, 0.717) is 24.3 Å². The minimum absolute atomic E-state index is 0.0881. The summed E-state index contributed by atoms with van der Waals surface area (Å²) in [6.07, 6.45) is 4.46. The Morgan fingerprint density at radius 2 is 2.08 bits per heavy atom. The molecular formula is C27H28N6O3S. The molecule has 10 heteroatoms. The summed E-state index contributed by atoms with van der Waals surface area (Å²) in [7, 11) is 0. The van der Waals surface area contributed by atoms with Crippen molar-refractivity contribution in [2.45, 2.75) is 32.4 Å². The minimum atomic E-state index is -0.992. The first-order valence-electron chi connectivity index (χ1n) is 12.1. The van der Waals surface area contributed by atoms with Crippen molar-refractivity contribution in [3.8, 4) is 16.9 Å². The molecule has 4 aromatic rings. The smallest absolute Gasteiger partial charge is 0.404 e. The number of nitrogens with one attached hydrogen (secondary N) is 2. The first kappa shape index (κ1) is 24.7. The van der Waals surface area contributed by atoms with Gasteiger partial charge in [-0.1, -0.05) is 12.1 Å². The minimum Gasteiger partial charge on any atom is -0.465 e. The van der Waals surface area contributed by atoms with Gasteiger partial charge in [-0.05, 0) is 62.2 Å². The van der Waals surface area contributed by atoms with E-state index in [1.54, 1.807) is 17.9 Å². The van der Waals surface area contributed by atoms with Crippen LogP contribution < -0.4 is 10.6 Å². The van der Waals surface area contributed by atoms with Crippen molar-refractivity contribution >= 4 is 29.0 Å². The molecule has 0 radical (unpaired) electrons. The van der Waals surface area contributed by atoms with Crippen LogP contribution in [0.15, 0.2) is 65.9 Å². The Morgan fingerprint density at radius 3 is 2.84 bits per heavy atom. The van der Waals surface area contributed by atoms with Gasteiger partial charge in [-0.25, -0.2) is 14.8 Å². The van der Waals surface area contributed by atoms with Gasteiger partial charge >= 0.3 is 6.09 Å². The Bertz CT molecular complexity index is 1400. The highest BCUT2D eigenvalue weighted by atomic mass is 32.1. The molecule has 5 rings (SSSR count). The first-order valence-corrected chi connectivity index (χ1v) is 13.0. The number of benzene rings is 2. The van der Waals surface area contributed by atoms with E-state index in [2.05, 4.69) is 31.6 Å². The second-order valence-corrected chi connectivity index (χ2v) is 9.96. The maximum Gasteiger partial charge on any atom is 0.404 e. The van der Waals surface area contributed by atoms with Crippen LogP contribution in [-0.2, 0) is 6.54 Å². The number of carboxylic acid groups (broad SMARTS) is 1. The van der Waals surface area contributed by atoms with Gasteiger partial charge in [0.1, 0.15) is 0 Å². The third-order valence-corrected chi connectivity index (χ3v) is 6.92. The topological polar surface area (TPSA) is 112 Å². The molecule has 2 aromatic heterocycles. The summed E-state index contributed by atoms with van der Waals surface area (Å²) in [5.41, 5.74) is 7.55. The van der Waals surface area contributed by atoms with Crippen molar-refractivity contribution < 1.29 is 14.7 Å². The Kier molecular flexibility index (Phi) is 7.29. The van der Waals surface area contributed by atoms with Gasteiger partial charge in [-0.3, -0.25) is 9.69 Å². The van der Waals surface area contributed by atoms with Crippen LogP contribution in [0.1, 0.15) is 34.5 Å². The Labute approximate surface area is 218 Å². The lowest BCUT2D eigenvalue weighted by Crippen LogP contribution is -2.46. The lowest BCUT2D eigenvalue weighted by Gasteiger charge is -2.32. The van der Waals surface area contributed by atoms with E-state index in [1.165, 1.54) is 11.3 Å². The number of carbonyl (C=O) groups is 2. The number of anilines is 1. The van der Waals surface area contributed by atoms with E-state index in [-0.39, 0.29) is 11.9 Å². The number of thiazole rings is 1. The molecule has 2 amide bonds. The standard InChI is InChI=1S/C27H28N6O3S/c1-18-12-33(16-28-18)24-9-19(13-32-7-3-6-22(14-32)31-27(35)36)8-23(11-24)30-26(34)21-5-2-4-20(10-21)25-15-37-17-29-25/h2,4-5,8-12,15-17,22,31H,3,6-7,13-14H2,1H3,(H,30,34)(H,35,36)/t22-/m0/s1. The number of aromatic nitrogens is 3. The molecule has 1 saturated heterocycles. The van der Waals surface area contributed by atoms with Crippen molar-refractivity contribution in [3.05, 3.63) is 82.7 Å². The zero-order valence-corrected chi connectivity index (χ0v) is 21.2. The number of amides is 2. The molecule has 2 aromatic carbocycles. The number of imidazole rings is 1. The van der Waals surface area contributed by atoms with E-state index in [9.17, 15) is 9.59 Å². The summed E-state index contributed by atoms with van der Waals surface area (Å²) < 4.78 is 1.93. The summed E-state index contributed by atoms with van der Waals surface area (Å²) in [5, 5.41) is 16.7. The SMILES string of the molecule is Cc1cn(-c2cc(CN3CCC[C@H](NC(=O)O)C3)cc(NC(=O)c3cccc(-c4cscn4)c3)c2)cn1. The largest absolute Gasteiger partial charge is 0.465 e. The summed E-state index contributed by atoms with van der Waals surface area (Å²) in [5.74, 6) is -0.203. The molecule has 190 valence electrons. The van der Waals surface area contributed by atoms with E-state index in [1.807, 2.05) is 53.4 Å². The third-order valence-electron chi connectivity index (χ3n) is 6.34. The lowest BCUT2D eigenvalue weighted by molar-refractivity contribution is 0.102. The molecule has 37 heavy (non-hydrogen) atoms. The summed E-state index contributed by atoms with van der Waals surface area (Å²) in [4.78, 5) is 35.2. The van der Waals surface area contributed by atoms with Crippen molar-refractivity contribution in [1.29, 1.82) is 0 Å². The monoisotopic (exact) mass is 516 g/mol. The summed E-state index contributed by atoms with van der Waals surface area (Å²) in [6.45, 7) is 4.10. The molecule has 1 fully saturated rings. The predicted molar refractivity (Wildman–Crippen MR) is 143 cm³/mol. The molecule has 3 N–H and O–H groups in total. The molecule has 3 heterocycles. The molecule has 0 bridgehead atoms. The fourth-order valence-corrected chi connectivity index (χ4v) is 5.24. The maximum absolute atomic E-state index is 13.2. The number of carbonyl (C=O) groups excluding carboxylic acids is 1. The van der Waals surface area contributed by atoms with Crippen molar-refractivity contribution in [2.24, 2.45) is 0 Å². The zero-order chi connectivity index (χ0) is 25.8. The molecule has 0 spiro atoms. The fourth-order valence-electron chi connectivity index (χ4n) is 4.68. The normalized spacial score (nSPS) is 15.9. The van der Waals surface area contributed by atoms with E-state index in [0.717, 1.165) is 47.6 Å². The van der Waals surface area contributed by atoms with Crippen LogP contribution in [0.4, 0.5) is 10.5 Å². The second kappa shape index (κ2) is 10.9.